The van der Waals surface area contributed by atoms with Gasteiger partial charge in [0.25, 0.3) is 10.2 Å². The zero-order valence-electron chi connectivity index (χ0n) is 9.85. The molecule has 0 bridgehead atoms. The average Bonchev–Trinajstić information content (AvgIpc) is 2.42. The summed E-state index contributed by atoms with van der Waals surface area (Å²) in [5.41, 5.74) is 0. The van der Waals surface area contributed by atoms with Crippen LogP contribution in [0.5, 0.6) is 0 Å². The van der Waals surface area contributed by atoms with Gasteiger partial charge in [-0.25, -0.2) is 0 Å². The van der Waals surface area contributed by atoms with Crippen LogP contribution in [0.2, 0.25) is 0 Å². The second kappa shape index (κ2) is 5.00. The molecule has 1 saturated heterocycles. The van der Waals surface area contributed by atoms with Gasteiger partial charge in [-0.1, -0.05) is 6.42 Å². The third-order valence-corrected chi connectivity index (χ3v) is 5.62. The normalized spacial score (nSPS) is 25.4. The van der Waals surface area contributed by atoms with Crippen LogP contribution in [-0.2, 0) is 10.2 Å². The van der Waals surface area contributed by atoms with Crippen LogP contribution in [0, 0.1) is 0 Å². The molecule has 5 nitrogen and oxygen atoms in total. The highest BCUT2D eigenvalue weighted by Gasteiger charge is 2.34. The Hall–Kier alpha value is -0.170. The van der Waals surface area contributed by atoms with Crippen molar-refractivity contribution in [2.45, 2.75) is 31.7 Å². The summed E-state index contributed by atoms with van der Waals surface area (Å²) < 4.78 is 27.8. The quantitative estimate of drug-likeness (QED) is 0.764. The zero-order valence-corrected chi connectivity index (χ0v) is 10.7. The van der Waals surface area contributed by atoms with Crippen LogP contribution >= 0.6 is 0 Å². The van der Waals surface area contributed by atoms with Gasteiger partial charge in [0.05, 0.1) is 0 Å². The predicted octanol–water partition coefficient (Wildman–Crippen LogP) is 0.0108. The van der Waals surface area contributed by atoms with Crippen LogP contribution < -0.4 is 5.32 Å². The number of rotatable bonds is 3. The third kappa shape index (κ3) is 2.40. The standard InChI is InChI=1S/C10H21N3O2S/c1-12(10-4-2-5-10)16(14,15)13-8-3-6-11-7-9-13/h10-11H,2-9H2,1H3. The molecule has 0 aromatic heterocycles. The summed E-state index contributed by atoms with van der Waals surface area (Å²) in [6.45, 7) is 2.92. The first-order valence-corrected chi connectivity index (χ1v) is 7.46. The van der Waals surface area contributed by atoms with Gasteiger partial charge in [0.2, 0.25) is 0 Å². The molecule has 1 N–H and O–H groups in total. The molecule has 2 aliphatic rings. The maximum Gasteiger partial charge on any atom is 0.282 e. The lowest BCUT2D eigenvalue weighted by atomic mass is 9.94. The molecule has 0 amide bonds. The fourth-order valence-electron chi connectivity index (χ4n) is 2.17. The molecule has 0 spiro atoms. The van der Waals surface area contributed by atoms with Gasteiger partial charge in [-0.15, -0.1) is 0 Å². The number of nitrogens with one attached hydrogen (secondary N) is 1. The van der Waals surface area contributed by atoms with Gasteiger partial charge in [0.1, 0.15) is 0 Å². The lowest BCUT2D eigenvalue weighted by Gasteiger charge is -2.36. The second-order valence-corrected chi connectivity index (χ2v) is 6.60. The van der Waals surface area contributed by atoms with E-state index in [1.54, 1.807) is 15.7 Å². The molecule has 0 aromatic rings. The first kappa shape index (κ1) is 12.3. The Kier molecular flexibility index (Phi) is 3.84. The summed E-state index contributed by atoms with van der Waals surface area (Å²) in [5, 5.41) is 3.22. The van der Waals surface area contributed by atoms with E-state index in [0.717, 1.165) is 38.8 Å². The fourth-order valence-corrected chi connectivity index (χ4v) is 3.81. The molecule has 2 fully saturated rings. The minimum atomic E-state index is -3.22. The number of hydrogen-bond acceptors (Lipinski definition) is 3. The SMILES string of the molecule is CN(C1CCC1)S(=O)(=O)N1CCCNCC1. The topological polar surface area (TPSA) is 52.7 Å². The molecule has 1 aliphatic carbocycles. The van der Waals surface area contributed by atoms with Crippen LogP contribution in [0.4, 0.5) is 0 Å². The molecular formula is C10H21N3O2S. The Labute approximate surface area is 98.0 Å². The molecule has 1 aliphatic heterocycles. The van der Waals surface area contributed by atoms with Gasteiger partial charge in [-0.2, -0.15) is 17.0 Å². The Morgan fingerprint density at radius 2 is 1.94 bits per heavy atom. The van der Waals surface area contributed by atoms with E-state index in [2.05, 4.69) is 5.32 Å². The second-order valence-electron chi connectivity index (χ2n) is 4.61. The van der Waals surface area contributed by atoms with E-state index in [9.17, 15) is 8.42 Å². The van der Waals surface area contributed by atoms with Crippen molar-refractivity contribution in [3.63, 3.8) is 0 Å². The van der Waals surface area contributed by atoms with Crippen molar-refractivity contribution in [1.82, 2.24) is 13.9 Å². The molecule has 0 radical (unpaired) electrons. The Bertz CT molecular complexity index is 319. The first-order chi connectivity index (χ1) is 7.62. The largest absolute Gasteiger partial charge is 0.315 e. The highest BCUT2D eigenvalue weighted by atomic mass is 32.2. The summed E-state index contributed by atoms with van der Waals surface area (Å²) in [7, 11) is -1.50. The van der Waals surface area contributed by atoms with Crippen molar-refractivity contribution in [2.75, 3.05) is 33.2 Å². The van der Waals surface area contributed by atoms with Gasteiger partial charge >= 0.3 is 0 Å². The van der Waals surface area contributed by atoms with E-state index in [-0.39, 0.29) is 6.04 Å². The Morgan fingerprint density at radius 1 is 1.19 bits per heavy atom. The van der Waals surface area contributed by atoms with Crippen LogP contribution in [0.15, 0.2) is 0 Å². The van der Waals surface area contributed by atoms with E-state index in [0.29, 0.717) is 13.1 Å². The predicted molar refractivity (Wildman–Crippen MR) is 63.4 cm³/mol. The highest BCUT2D eigenvalue weighted by molar-refractivity contribution is 7.86. The zero-order chi connectivity index (χ0) is 11.6. The summed E-state index contributed by atoms with van der Waals surface area (Å²) in [6, 6.07) is 0.237. The summed E-state index contributed by atoms with van der Waals surface area (Å²) in [4.78, 5) is 0. The van der Waals surface area contributed by atoms with E-state index < -0.39 is 10.2 Å². The van der Waals surface area contributed by atoms with Crippen molar-refractivity contribution < 1.29 is 8.42 Å². The molecule has 0 unspecified atom stereocenters. The number of nitrogens with zero attached hydrogens (tertiary/aromatic N) is 2. The molecule has 2 rings (SSSR count). The smallest absolute Gasteiger partial charge is 0.282 e. The van der Waals surface area contributed by atoms with Gasteiger partial charge in [-0.05, 0) is 25.8 Å². The van der Waals surface area contributed by atoms with Gasteiger partial charge in [-0.3, -0.25) is 0 Å². The van der Waals surface area contributed by atoms with Gasteiger partial charge in [0.15, 0.2) is 0 Å². The average molecular weight is 247 g/mol. The molecule has 94 valence electrons. The van der Waals surface area contributed by atoms with Gasteiger partial charge < -0.3 is 5.32 Å². The number of hydrogen-bond donors (Lipinski definition) is 1. The van der Waals surface area contributed by atoms with Crippen LogP contribution in [-0.4, -0.2) is 56.3 Å². The Balaban J connectivity index is 2.03. The van der Waals surface area contributed by atoms with Crippen molar-refractivity contribution in [2.24, 2.45) is 0 Å². The Morgan fingerprint density at radius 3 is 2.56 bits per heavy atom. The monoisotopic (exact) mass is 247 g/mol. The fraction of sp³-hybridized carbons (Fsp3) is 1.00. The summed E-state index contributed by atoms with van der Waals surface area (Å²) in [5.74, 6) is 0. The van der Waals surface area contributed by atoms with Crippen molar-refractivity contribution >= 4 is 10.2 Å². The maximum atomic E-state index is 12.3. The molecule has 1 heterocycles. The minimum absolute atomic E-state index is 0.237. The molecule has 0 aromatic carbocycles. The summed E-state index contributed by atoms with van der Waals surface area (Å²) in [6.07, 6.45) is 4.09. The van der Waals surface area contributed by atoms with E-state index in [1.165, 1.54) is 0 Å². The van der Waals surface area contributed by atoms with E-state index >= 15 is 0 Å². The van der Waals surface area contributed by atoms with Crippen LogP contribution in [0.25, 0.3) is 0 Å². The van der Waals surface area contributed by atoms with E-state index in [4.69, 9.17) is 0 Å². The molecule has 16 heavy (non-hydrogen) atoms. The van der Waals surface area contributed by atoms with Crippen molar-refractivity contribution in [3.8, 4) is 0 Å². The van der Waals surface area contributed by atoms with Gasteiger partial charge in [0, 0.05) is 32.7 Å². The first-order valence-electron chi connectivity index (χ1n) is 6.06. The van der Waals surface area contributed by atoms with Crippen LogP contribution in [0.3, 0.4) is 0 Å². The highest BCUT2D eigenvalue weighted by Crippen LogP contribution is 2.26. The van der Waals surface area contributed by atoms with Crippen molar-refractivity contribution in [3.05, 3.63) is 0 Å². The van der Waals surface area contributed by atoms with Crippen LogP contribution in [0.1, 0.15) is 25.7 Å². The molecule has 6 heteroatoms. The third-order valence-electron chi connectivity index (χ3n) is 3.58. The van der Waals surface area contributed by atoms with Crippen molar-refractivity contribution in [1.29, 1.82) is 0 Å². The minimum Gasteiger partial charge on any atom is -0.315 e. The van der Waals surface area contributed by atoms with E-state index in [1.807, 2.05) is 0 Å². The molecule has 0 atom stereocenters. The summed E-state index contributed by atoms with van der Waals surface area (Å²) >= 11 is 0. The maximum absolute atomic E-state index is 12.3. The molecule has 1 saturated carbocycles. The lowest BCUT2D eigenvalue weighted by molar-refractivity contribution is 0.233. The molecular weight excluding hydrogens is 226 g/mol. The lowest BCUT2D eigenvalue weighted by Crippen LogP contribution is -2.49.